The number of benzene rings is 1. The Morgan fingerprint density at radius 2 is 2.19 bits per heavy atom. The Morgan fingerprint density at radius 3 is 2.85 bits per heavy atom. The maximum Gasteiger partial charge on any atom is 0.193 e. The molecule has 2 N–H and O–H groups in total. The first-order valence-corrected chi connectivity index (χ1v) is 9.87. The number of H-pyrrole nitrogens is 1. The van der Waals surface area contributed by atoms with Gasteiger partial charge in [-0.15, -0.1) is 0 Å². The van der Waals surface area contributed by atoms with Crippen molar-refractivity contribution in [1.29, 1.82) is 0 Å². The molecular formula is C21H31N5O. The summed E-state index contributed by atoms with van der Waals surface area (Å²) in [5.74, 6) is 2.50. The Balaban J connectivity index is 1.55. The van der Waals surface area contributed by atoms with Crippen LogP contribution in [0, 0.1) is 6.92 Å². The van der Waals surface area contributed by atoms with Crippen molar-refractivity contribution in [3.8, 4) is 5.75 Å². The van der Waals surface area contributed by atoms with Crippen LogP contribution in [0.5, 0.6) is 5.75 Å². The lowest BCUT2D eigenvalue weighted by Crippen LogP contribution is -2.40. The highest BCUT2D eigenvalue weighted by molar-refractivity contribution is 5.80. The van der Waals surface area contributed by atoms with E-state index in [9.17, 15) is 0 Å². The molecular weight excluding hydrogens is 338 g/mol. The molecule has 146 valence electrons. The molecule has 1 atom stereocenters. The predicted octanol–water partition coefficient (Wildman–Crippen LogP) is 3.11. The molecule has 1 aliphatic heterocycles. The molecule has 1 unspecified atom stereocenters. The van der Waals surface area contributed by atoms with Crippen molar-refractivity contribution in [2.45, 2.75) is 39.0 Å². The van der Waals surface area contributed by atoms with Crippen LogP contribution in [0.25, 0.3) is 0 Å². The number of aryl methyl sites for hydroxylation is 2. The molecule has 1 aliphatic rings. The highest BCUT2D eigenvalue weighted by Gasteiger charge is 2.26. The van der Waals surface area contributed by atoms with Gasteiger partial charge in [0.2, 0.25) is 0 Å². The lowest BCUT2D eigenvalue weighted by atomic mass is 9.98. The van der Waals surface area contributed by atoms with E-state index in [2.05, 4.69) is 58.5 Å². The Kier molecular flexibility index (Phi) is 6.74. The van der Waals surface area contributed by atoms with Crippen LogP contribution >= 0.6 is 0 Å². The SMILES string of the molecule is CCNC(=NCCCc1cn[nH]c1C)N1CCC(c2ccc(OC)cc2)C1. The predicted molar refractivity (Wildman–Crippen MR) is 110 cm³/mol. The van der Waals surface area contributed by atoms with E-state index in [1.54, 1.807) is 7.11 Å². The van der Waals surface area contributed by atoms with E-state index in [0.717, 1.165) is 62.8 Å². The zero-order valence-corrected chi connectivity index (χ0v) is 16.7. The molecule has 1 saturated heterocycles. The molecule has 27 heavy (non-hydrogen) atoms. The van der Waals surface area contributed by atoms with Gasteiger partial charge in [-0.3, -0.25) is 10.1 Å². The number of nitrogens with one attached hydrogen (secondary N) is 2. The number of guanidine groups is 1. The van der Waals surface area contributed by atoms with Gasteiger partial charge in [-0.2, -0.15) is 5.10 Å². The van der Waals surface area contributed by atoms with Crippen molar-refractivity contribution < 1.29 is 4.74 Å². The molecule has 6 heteroatoms. The summed E-state index contributed by atoms with van der Waals surface area (Å²) in [5, 5.41) is 10.5. The normalized spacial score (nSPS) is 17.4. The van der Waals surface area contributed by atoms with Crippen molar-refractivity contribution >= 4 is 5.96 Å². The second-order valence-electron chi connectivity index (χ2n) is 7.06. The minimum Gasteiger partial charge on any atom is -0.497 e. The van der Waals surface area contributed by atoms with Crippen LogP contribution in [0.1, 0.15) is 42.5 Å². The molecule has 0 amide bonds. The van der Waals surface area contributed by atoms with E-state index in [0.29, 0.717) is 5.92 Å². The van der Waals surface area contributed by atoms with Gasteiger partial charge in [-0.05, 0) is 56.4 Å². The van der Waals surface area contributed by atoms with E-state index < -0.39 is 0 Å². The Hall–Kier alpha value is -2.50. The van der Waals surface area contributed by atoms with Crippen molar-refractivity contribution in [3.63, 3.8) is 0 Å². The Morgan fingerprint density at radius 1 is 1.37 bits per heavy atom. The minimum atomic E-state index is 0.549. The summed E-state index contributed by atoms with van der Waals surface area (Å²) in [6.45, 7) is 7.98. The second-order valence-corrected chi connectivity index (χ2v) is 7.06. The largest absolute Gasteiger partial charge is 0.497 e. The van der Waals surface area contributed by atoms with E-state index in [4.69, 9.17) is 9.73 Å². The van der Waals surface area contributed by atoms with Crippen LogP contribution in [0.2, 0.25) is 0 Å². The lowest BCUT2D eigenvalue weighted by Gasteiger charge is -2.22. The monoisotopic (exact) mass is 369 g/mol. The van der Waals surface area contributed by atoms with Gasteiger partial charge in [0, 0.05) is 37.8 Å². The van der Waals surface area contributed by atoms with Crippen molar-refractivity contribution in [2.24, 2.45) is 4.99 Å². The number of ether oxygens (including phenoxy) is 1. The van der Waals surface area contributed by atoms with Gasteiger partial charge in [0.1, 0.15) is 5.75 Å². The number of rotatable bonds is 7. The van der Waals surface area contributed by atoms with Crippen molar-refractivity contribution in [3.05, 3.63) is 47.3 Å². The van der Waals surface area contributed by atoms with E-state index in [-0.39, 0.29) is 0 Å². The smallest absolute Gasteiger partial charge is 0.193 e. The summed E-state index contributed by atoms with van der Waals surface area (Å²) in [6, 6.07) is 8.47. The second kappa shape index (κ2) is 9.44. The number of methoxy groups -OCH3 is 1. The van der Waals surface area contributed by atoms with Crippen LogP contribution in [0.3, 0.4) is 0 Å². The highest BCUT2D eigenvalue weighted by Crippen LogP contribution is 2.28. The summed E-state index contributed by atoms with van der Waals surface area (Å²) >= 11 is 0. The number of nitrogens with zero attached hydrogens (tertiary/aromatic N) is 3. The molecule has 2 heterocycles. The Labute approximate surface area is 162 Å². The maximum atomic E-state index is 5.27. The number of aromatic amines is 1. The number of hydrogen-bond acceptors (Lipinski definition) is 3. The molecule has 0 spiro atoms. The third kappa shape index (κ3) is 5.02. The summed E-state index contributed by atoms with van der Waals surface area (Å²) in [5.41, 5.74) is 3.83. The first-order chi connectivity index (χ1) is 13.2. The van der Waals surface area contributed by atoms with Gasteiger partial charge >= 0.3 is 0 Å². The molecule has 1 aromatic heterocycles. The van der Waals surface area contributed by atoms with Crippen LogP contribution in [0.4, 0.5) is 0 Å². The van der Waals surface area contributed by atoms with Crippen LogP contribution in [0.15, 0.2) is 35.5 Å². The molecule has 0 aliphatic carbocycles. The fraction of sp³-hybridized carbons (Fsp3) is 0.524. The third-order valence-electron chi connectivity index (χ3n) is 5.21. The summed E-state index contributed by atoms with van der Waals surface area (Å²) in [6.07, 6.45) is 5.12. The van der Waals surface area contributed by atoms with E-state index in [1.807, 2.05) is 6.20 Å². The average molecular weight is 370 g/mol. The summed E-state index contributed by atoms with van der Waals surface area (Å²) < 4.78 is 5.27. The van der Waals surface area contributed by atoms with E-state index >= 15 is 0 Å². The molecule has 1 aromatic carbocycles. The molecule has 1 fully saturated rings. The molecule has 2 aromatic rings. The van der Waals surface area contributed by atoms with Gasteiger partial charge in [0.05, 0.1) is 13.3 Å². The van der Waals surface area contributed by atoms with Gasteiger partial charge in [0.15, 0.2) is 5.96 Å². The van der Waals surface area contributed by atoms with Gasteiger partial charge in [-0.25, -0.2) is 0 Å². The quantitative estimate of drug-likeness (QED) is 0.447. The first-order valence-electron chi connectivity index (χ1n) is 9.87. The zero-order chi connectivity index (χ0) is 19.1. The minimum absolute atomic E-state index is 0.549. The molecule has 0 bridgehead atoms. The molecule has 0 radical (unpaired) electrons. The summed E-state index contributed by atoms with van der Waals surface area (Å²) in [7, 11) is 1.71. The number of aromatic nitrogens is 2. The van der Waals surface area contributed by atoms with Crippen molar-refractivity contribution in [1.82, 2.24) is 20.4 Å². The van der Waals surface area contributed by atoms with Crippen LogP contribution in [-0.4, -0.2) is 54.3 Å². The number of hydrogen-bond donors (Lipinski definition) is 2. The van der Waals surface area contributed by atoms with Gasteiger partial charge in [0.25, 0.3) is 0 Å². The molecule has 0 saturated carbocycles. The third-order valence-corrected chi connectivity index (χ3v) is 5.21. The topological polar surface area (TPSA) is 65.5 Å². The lowest BCUT2D eigenvalue weighted by molar-refractivity contribution is 0.414. The standard InChI is InChI=1S/C21H31N5O/c1-4-22-21(23-12-5-6-18-14-24-25-16(18)2)26-13-11-19(15-26)17-7-9-20(27-3)10-8-17/h7-10,14,19H,4-6,11-13,15H2,1-3H3,(H,22,23)(H,24,25). The average Bonchev–Trinajstić information content (AvgIpc) is 3.34. The van der Waals surface area contributed by atoms with E-state index in [1.165, 1.54) is 11.1 Å². The fourth-order valence-electron chi connectivity index (χ4n) is 3.61. The van der Waals surface area contributed by atoms with Crippen LogP contribution < -0.4 is 10.1 Å². The zero-order valence-electron chi connectivity index (χ0n) is 16.7. The van der Waals surface area contributed by atoms with Gasteiger partial charge < -0.3 is 15.0 Å². The summed E-state index contributed by atoms with van der Waals surface area (Å²) in [4.78, 5) is 7.25. The first kappa shape index (κ1) is 19.3. The van der Waals surface area contributed by atoms with Crippen LogP contribution in [-0.2, 0) is 6.42 Å². The number of likely N-dealkylation sites (tertiary alicyclic amines) is 1. The molecule has 3 rings (SSSR count). The van der Waals surface area contributed by atoms with Crippen molar-refractivity contribution in [2.75, 3.05) is 33.3 Å². The Bertz CT molecular complexity index is 737. The fourth-order valence-corrected chi connectivity index (χ4v) is 3.61. The highest BCUT2D eigenvalue weighted by atomic mass is 16.5. The molecule has 6 nitrogen and oxygen atoms in total. The maximum absolute atomic E-state index is 5.27. The number of aliphatic imine (C=N–C) groups is 1. The van der Waals surface area contributed by atoms with Gasteiger partial charge in [-0.1, -0.05) is 12.1 Å².